The smallest absolute Gasteiger partial charge is 0.387 e. The van der Waals surface area contributed by atoms with Gasteiger partial charge in [-0.1, -0.05) is 13.8 Å². The number of hydrogen-bond donors (Lipinski definition) is 3. The second kappa shape index (κ2) is 12.3. The molecule has 0 aliphatic carbocycles. The number of carbonyl (C=O) groups excluding carboxylic acids is 1. The van der Waals surface area contributed by atoms with Crippen LogP contribution in [0.5, 0.6) is 5.75 Å². The number of nitrogens with zero attached hydrogens (tertiary/aromatic N) is 4. The molecule has 2 aromatic heterocycles. The Morgan fingerprint density at radius 3 is 2.62 bits per heavy atom. The lowest BCUT2D eigenvalue weighted by molar-refractivity contribution is -0.115. The number of anilines is 2. The molecule has 0 aliphatic heterocycles. The van der Waals surface area contributed by atoms with Crippen LogP contribution in [0, 0.1) is 11.6 Å². The molecular formula is C27H28F4N6O3. The largest absolute Gasteiger partial charge is 0.432 e. The van der Waals surface area contributed by atoms with Crippen molar-refractivity contribution in [3.63, 3.8) is 0 Å². The Hall–Kier alpha value is -4.23. The first-order chi connectivity index (χ1) is 19.1. The van der Waals surface area contributed by atoms with Crippen molar-refractivity contribution in [2.75, 3.05) is 18.4 Å². The van der Waals surface area contributed by atoms with Crippen molar-refractivity contribution < 1.29 is 32.3 Å². The quantitative estimate of drug-likeness (QED) is 0.166. The van der Waals surface area contributed by atoms with Gasteiger partial charge in [-0.25, -0.2) is 14.4 Å². The third-order valence-corrected chi connectivity index (χ3v) is 6.35. The molecule has 0 saturated carbocycles. The molecule has 3 N–H and O–H groups in total. The minimum Gasteiger partial charge on any atom is -0.432 e. The number of alkyl halides is 2. The van der Waals surface area contributed by atoms with Crippen molar-refractivity contribution in [2.45, 2.75) is 39.8 Å². The number of hydrogen-bond acceptors (Lipinski definition) is 7. The lowest BCUT2D eigenvalue weighted by Crippen LogP contribution is -2.40. The fourth-order valence-electron chi connectivity index (χ4n) is 4.20. The monoisotopic (exact) mass is 560 g/mol. The second-order valence-electron chi connectivity index (χ2n) is 8.90. The van der Waals surface area contributed by atoms with E-state index >= 15 is 0 Å². The van der Waals surface area contributed by atoms with Crippen molar-refractivity contribution in [1.82, 2.24) is 24.7 Å². The van der Waals surface area contributed by atoms with Gasteiger partial charge in [-0.15, -0.1) is 0 Å². The number of amides is 1. The first kappa shape index (κ1) is 28.8. The highest BCUT2D eigenvalue weighted by Gasteiger charge is 2.21. The minimum absolute atomic E-state index is 0.167. The molecule has 2 aromatic carbocycles. The summed E-state index contributed by atoms with van der Waals surface area (Å²) in [6.45, 7) is 2.93. The van der Waals surface area contributed by atoms with Crippen LogP contribution >= 0.6 is 0 Å². The Morgan fingerprint density at radius 1 is 1.15 bits per heavy atom. The standard InChI is InChI=1S/C27H28F4N6O3/c1-4-16-12-17(6-7-18(16)26(38)34-13-15(3)37(39)5-2)35-24-25-33-14-20(36(25)11-10-32-24)19-8-9-21(40-27(30)31)23(29)22(19)28/h6-12,14-15,27,39H,4-5,13H2,1-3H3,(H,32,35)(H,34,38). The number of carbonyl (C=O) groups is 1. The molecule has 0 aliphatic rings. The van der Waals surface area contributed by atoms with E-state index in [0.29, 0.717) is 35.7 Å². The fourth-order valence-corrected chi connectivity index (χ4v) is 4.20. The number of benzene rings is 2. The number of hydroxylamine groups is 2. The molecule has 4 aromatic rings. The number of aromatic nitrogens is 3. The Labute approximate surface area is 227 Å². The highest BCUT2D eigenvalue weighted by molar-refractivity contribution is 5.96. The third kappa shape index (κ3) is 6.00. The van der Waals surface area contributed by atoms with Gasteiger partial charge >= 0.3 is 6.61 Å². The van der Waals surface area contributed by atoms with E-state index in [-0.39, 0.29) is 29.8 Å². The van der Waals surface area contributed by atoms with E-state index < -0.39 is 24.0 Å². The summed E-state index contributed by atoms with van der Waals surface area (Å²) in [5.74, 6) is -3.75. The molecular weight excluding hydrogens is 532 g/mol. The first-order valence-corrected chi connectivity index (χ1v) is 12.5. The van der Waals surface area contributed by atoms with Crippen LogP contribution in [0.15, 0.2) is 48.9 Å². The molecule has 9 nitrogen and oxygen atoms in total. The van der Waals surface area contributed by atoms with Gasteiger partial charge in [0.15, 0.2) is 23.0 Å². The third-order valence-electron chi connectivity index (χ3n) is 6.35. The zero-order valence-corrected chi connectivity index (χ0v) is 22.0. The van der Waals surface area contributed by atoms with Gasteiger partial charge in [0.25, 0.3) is 5.91 Å². The van der Waals surface area contributed by atoms with Crippen LogP contribution < -0.4 is 15.4 Å². The number of halogens is 4. The van der Waals surface area contributed by atoms with E-state index in [4.69, 9.17) is 0 Å². The Bertz CT molecular complexity index is 1510. The van der Waals surface area contributed by atoms with E-state index in [1.54, 1.807) is 25.1 Å². The molecule has 13 heteroatoms. The topological polar surface area (TPSA) is 104 Å². The SMILES string of the molecule is CCc1cc(Nc2nccn3c(-c4ccc(OC(F)F)c(F)c4F)cnc23)ccc1C(=O)NCC(C)N(O)CC. The Morgan fingerprint density at radius 2 is 1.93 bits per heavy atom. The van der Waals surface area contributed by atoms with E-state index in [2.05, 4.69) is 25.3 Å². The van der Waals surface area contributed by atoms with Crippen LogP contribution in [-0.2, 0) is 6.42 Å². The van der Waals surface area contributed by atoms with Crippen LogP contribution in [0.3, 0.4) is 0 Å². The summed E-state index contributed by atoms with van der Waals surface area (Å²) in [5, 5.41) is 16.9. The summed E-state index contributed by atoms with van der Waals surface area (Å²) in [6.07, 6.45) is 4.82. The maximum Gasteiger partial charge on any atom is 0.387 e. The molecule has 0 radical (unpaired) electrons. The lowest BCUT2D eigenvalue weighted by atomic mass is 10.0. The molecule has 4 rings (SSSR count). The van der Waals surface area contributed by atoms with Crippen molar-refractivity contribution in [3.8, 4) is 17.0 Å². The average molecular weight is 561 g/mol. The summed E-state index contributed by atoms with van der Waals surface area (Å²) < 4.78 is 59.6. The van der Waals surface area contributed by atoms with Crippen LogP contribution in [0.2, 0.25) is 0 Å². The Kier molecular flexibility index (Phi) is 8.85. The van der Waals surface area contributed by atoms with Gasteiger partial charge in [0.2, 0.25) is 5.82 Å². The predicted molar refractivity (Wildman–Crippen MR) is 140 cm³/mol. The lowest BCUT2D eigenvalue weighted by Gasteiger charge is -2.21. The number of ether oxygens (including phenoxy) is 1. The van der Waals surface area contributed by atoms with Gasteiger partial charge in [0, 0.05) is 48.3 Å². The zero-order chi connectivity index (χ0) is 29.0. The summed E-state index contributed by atoms with van der Waals surface area (Å²) in [5.41, 5.74) is 2.14. The molecule has 0 fully saturated rings. The minimum atomic E-state index is -3.30. The molecule has 1 amide bonds. The second-order valence-corrected chi connectivity index (χ2v) is 8.90. The maximum absolute atomic E-state index is 14.8. The van der Waals surface area contributed by atoms with E-state index in [1.807, 2.05) is 13.8 Å². The normalized spacial score (nSPS) is 12.2. The number of rotatable bonds is 11. The van der Waals surface area contributed by atoms with Crippen LogP contribution in [0.4, 0.5) is 29.1 Å². The summed E-state index contributed by atoms with van der Waals surface area (Å²) in [6, 6.07) is 6.98. The van der Waals surface area contributed by atoms with Crippen LogP contribution in [0.1, 0.15) is 36.7 Å². The Balaban J connectivity index is 1.58. The van der Waals surface area contributed by atoms with Gasteiger partial charge < -0.3 is 20.6 Å². The van der Waals surface area contributed by atoms with Crippen LogP contribution in [-0.4, -0.2) is 56.3 Å². The molecule has 2 heterocycles. The molecule has 1 atom stereocenters. The molecule has 0 bridgehead atoms. The molecule has 40 heavy (non-hydrogen) atoms. The molecule has 0 spiro atoms. The van der Waals surface area contributed by atoms with Gasteiger partial charge in [-0.05, 0) is 49.2 Å². The van der Waals surface area contributed by atoms with Gasteiger partial charge in [-0.2, -0.15) is 18.2 Å². The number of nitrogens with one attached hydrogen (secondary N) is 2. The summed E-state index contributed by atoms with van der Waals surface area (Å²) in [4.78, 5) is 21.4. The van der Waals surface area contributed by atoms with Gasteiger partial charge in [0.1, 0.15) is 0 Å². The maximum atomic E-state index is 14.8. The van der Waals surface area contributed by atoms with Crippen molar-refractivity contribution in [1.29, 1.82) is 0 Å². The van der Waals surface area contributed by atoms with Crippen LogP contribution in [0.25, 0.3) is 16.9 Å². The van der Waals surface area contributed by atoms with Gasteiger partial charge in [-0.3, -0.25) is 9.20 Å². The van der Waals surface area contributed by atoms with E-state index in [1.165, 1.54) is 23.0 Å². The fraction of sp³-hybridized carbons (Fsp3) is 0.296. The number of imidazole rings is 1. The predicted octanol–water partition coefficient (Wildman–Crippen LogP) is 5.41. The molecule has 0 saturated heterocycles. The van der Waals surface area contributed by atoms with Gasteiger partial charge in [0.05, 0.1) is 11.9 Å². The van der Waals surface area contributed by atoms with E-state index in [9.17, 15) is 27.6 Å². The first-order valence-electron chi connectivity index (χ1n) is 12.5. The van der Waals surface area contributed by atoms with E-state index in [0.717, 1.165) is 22.8 Å². The van der Waals surface area contributed by atoms with Crippen molar-refractivity contribution in [3.05, 3.63) is 71.7 Å². The highest BCUT2D eigenvalue weighted by atomic mass is 19.3. The average Bonchev–Trinajstić information content (AvgIpc) is 3.38. The summed E-state index contributed by atoms with van der Waals surface area (Å²) in [7, 11) is 0. The number of aryl methyl sites for hydroxylation is 1. The number of likely N-dealkylation sites (N-methyl/N-ethyl adjacent to an activating group) is 1. The summed E-state index contributed by atoms with van der Waals surface area (Å²) >= 11 is 0. The molecule has 1 unspecified atom stereocenters. The van der Waals surface area contributed by atoms with Crippen molar-refractivity contribution in [2.24, 2.45) is 0 Å². The molecule has 212 valence electrons. The number of fused-ring (bicyclic) bond motifs is 1. The zero-order valence-electron chi connectivity index (χ0n) is 22.0. The highest BCUT2D eigenvalue weighted by Crippen LogP contribution is 2.32. The van der Waals surface area contributed by atoms with Crippen molar-refractivity contribution >= 4 is 23.1 Å².